The first kappa shape index (κ1) is 17.8. The van der Waals surface area contributed by atoms with Crippen molar-refractivity contribution in [1.29, 1.82) is 0 Å². The Hall–Kier alpha value is -1.96. The van der Waals surface area contributed by atoms with E-state index >= 15 is 0 Å². The Kier molecular flexibility index (Phi) is 5.08. The summed E-state index contributed by atoms with van der Waals surface area (Å²) in [5.41, 5.74) is 0.552. The number of hydrogen-bond acceptors (Lipinski definition) is 4. The molecule has 5 nitrogen and oxygen atoms in total. The van der Waals surface area contributed by atoms with Gasteiger partial charge in [0.15, 0.2) is 0 Å². The Balaban J connectivity index is 1.96. The van der Waals surface area contributed by atoms with Crippen molar-refractivity contribution in [2.75, 3.05) is 18.4 Å². The number of fused-ring (bicyclic) bond motifs is 1. The molecule has 2 heterocycles. The van der Waals surface area contributed by atoms with Crippen molar-refractivity contribution in [1.82, 2.24) is 4.90 Å². The summed E-state index contributed by atoms with van der Waals surface area (Å²) in [6.45, 7) is 4.33. The highest BCUT2D eigenvalue weighted by Gasteiger charge is 2.29. The SMILES string of the molecule is CCN1CCc2c(sc(NC(=O)c3c(F)cccc3Cl)c2C(=O)O)C1. The second-order valence-electron chi connectivity index (χ2n) is 5.68. The van der Waals surface area contributed by atoms with Gasteiger partial charge < -0.3 is 10.4 Å². The Morgan fingerprint density at radius 2 is 2.16 bits per heavy atom. The Morgan fingerprint density at radius 1 is 1.40 bits per heavy atom. The first-order valence-corrected chi connectivity index (χ1v) is 8.97. The zero-order valence-corrected chi connectivity index (χ0v) is 15.0. The monoisotopic (exact) mass is 382 g/mol. The van der Waals surface area contributed by atoms with Gasteiger partial charge in [0.2, 0.25) is 0 Å². The minimum atomic E-state index is -1.10. The third-order valence-corrected chi connectivity index (χ3v) is 5.66. The number of benzene rings is 1. The Morgan fingerprint density at radius 3 is 2.80 bits per heavy atom. The highest BCUT2D eigenvalue weighted by atomic mass is 35.5. The third-order valence-electron chi connectivity index (χ3n) is 4.21. The molecule has 0 aliphatic carbocycles. The van der Waals surface area contributed by atoms with Gasteiger partial charge in [-0.1, -0.05) is 24.6 Å². The largest absolute Gasteiger partial charge is 0.478 e. The van der Waals surface area contributed by atoms with Crippen molar-refractivity contribution < 1.29 is 19.1 Å². The molecule has 0 spiro atoms. The van der Waals surface area contributed by atoms with Crippen molar-refractivity contribution in [3.8, 4) is 0 Å². The minimum absolute atomic E-state index is 0.0205. The summed E-state index contributed by atoms with van der Waals surface area (Å²) in [5, 5.41) is 12.3. The maximum Gasteiger partial charge on any atom is 0.339 e. The van der Waals surface area contributed by atoms with E-state index in [2.05, 4.69) is 10.2 Å². The predicted octanol–water partition coefficient (Wildman–Crippen LogP) is 3.87. The standard InChI is InChI=1S/C17H16ClFN2O3S/c1-2-21-7-6-9-12(8-21)25-16(13(9)17(23)24)20-15(22)14-10(18)4-3-5-11(14)19/h3-5H,2,6-8H2,1H3,(H,20,22)(H,23,24). The summed E-state index contributed by atoms with van der Waals surface area (Å²) in [6, 6.07) is 3.95. The topological polar surface area (TPSA) is 69.6 Å². The highest BCUT2D eigenvalue weighted by Crippen LogP contribution is 2.37. The molecule has 0 saturated heterocycles. The van der Waals surface area contributed by atoms with Crippen LogP contribution >= 0.6 is 22.9 Å². The number of hydrogen-bond donors (Lipinski definition) is 2. The molecule has 0 unspecified atom stereocenters. The summed E-state index contributed by atoms with van der Waals surface area (Å²) in [5.74, 6) is -2.60. The lowest BCUT2D eigenvalue weighted by Gasteiger charge is -2.25. The van der Waals surface area contributed by atoms with Gasteiger partial charge >= 0.3 is 5.97 Å². The lowest BCUT2D eigenvalue weighted by Crippen LogP contribution is -2.29. The zero-order valence-electron chi connectivity index (χ0n) is 13.4. The number of nitrogens with zero attached hydrogens (tertiary/aromatic N) is 1. The number of carbonyl (C=O) groups excluding carboxylic acids is 1. The molecule has 8 heteroatoms. The fourth-order valence-corrected chi connectivity index (χ4v) is 4.45. The molecule has 2 aromatic rings. The van der Waals surface area contributed by atoms with Crippen LogP contribution in [0.1, 0.15) is 38.1 Å². The van der Waals surface area contributed by atoms with E-state index in [0.717, 1.165) is 29.6 Å². The lowest BCUT2D eigenvalue weighted by molar-refractivity contribution is 0.0696. The highest BCUT2D eigenvalue weighted by molar-refractivity contribution is 7.17. The number of aromatic carboxylic acids is 1. The van der Waals surface area contributed by atoms with Gasteiger partial charge in [0.05, 0.1) is 16.1 Å². The van der Waals surface area contributed by atoms with Crippen molar-refractivity contribution >= 4 is 39.8 Å². The minimum Gasteiger partial charge on any atom is -0.478 e. The van der Waals surface area contributed by atoms with E-state index in [1.54, 1.807) is 0 Å². The second kappa shape index (κ2) is 7.11. The summed E-state index contributed by atoms with van der Waals surface area (Å²) >= 11 is 7.14. The van der Waals surface area contributed by atoms with Crippen LogP contribution in [0.2, 0.25) is 5.02 Å². The molecule has 0 radical (unpaired) electrons. The second-order valence-corrected chi connectivity index (χ2v) is 7.19. The summed E-state index contributed by atoms with van der Waals surface area (Å²) in [7, 11) is 0. The average Bonchev–Trinajstić information content (AvgIpc) is 2.91. The molecule has 25 heavy (non-hydrogen) atoms. The van der Waals surface area contributed by atoms with Crippen LogP contribution in [0.15, 0.2) is 18.2 Å². The van der Waals surface area contributed by atoms with Crippen LogP contribution in [0.5, 0.6) is 0 Å². The van der Waals surface area contributed by atoms with Crippen LogP contribution in [0, 0.1) is 5.82 Å². The predicted molar refractivity (Wildman–Crippen MR) is 95.3 cm³/mol. The van der Waals surface area contributed by atoms with Crippen LogP contribution < -0.4 is 5.32 Å². The fourth-order valence-electron chi connectivity index (χ4n) is 2.92. The molecule has 0 fully saturated rings. The first-order chi connectivity index (χ1) is 11.9. The number of rotatable bonds is 4. The summed E-state index contributed by atoms with van der Waals surface area (Å²) in [6.07, 6.45) is 0.609. The van der Waals surface area contributed by atoms with Gasteiger partial charge in [-0.2, -0.15) is 0 Å². The van der Waals surface area contributed by atoms with Crippen molar-refractivity contribution in [2.45, 2.75) is 19.9 Å². The normalized spacial score (nSPS) is 14.2. The van der Waals surface area contributed by atoms with E-state index in [1.165, 1.54) is 23.5 Å². The first-order valence-electron chi connectivity index (χ1n) is 7.77. The molecule has 1 aliphatic rings. The molecule has 1 amide bonds. The number of halogens is 2. The number of likely N-dealkylation sites (N-methyl/N-ethyl adjacent to an activating group) is 1. The van der Waals surface area contributed by atoms with Gasteiger partial charge in [0, 0.05) is 18.0 Å². The van der Waals surface area contributed by atoms with Gasteiger partial charge in [-0.3, -0.25) is 9.69 Å². The molecule has 0 saturated carbocycles. The fraction of sp³-hybridized carbons (Fsp3) is 0.294. The number of amides is 1. The molecule has 1 aromatic heterocycles. The number of nitrogens with one attached hydrogen (secondary N) is 1. The summed E-state index contributed by atoms with van der Waals surface area (Å²) < 4.78 is 13.9. The van der Waals surface area contributed by atoms with Crippen LogP contribution in [0.25, 0.3) is 0 Å². The van der Waals surface area contributed by atoms with Crippen LogP contribution in [0.3, 0.4) is 0 Å². The maximum absolute atomic E-state index is 13.9. The van der Waals surface area contributed by atoms with Crippen LogP contribution in [-0.4, -0.2) is 35.0 Å². The Labute approximate surface area is 153 Å². The van der Waals surface area contributed by atoms with Crippen molar-refractivity contribution in [2.24, 2.45) is 0 Å². The van der Waals surface area contributed by atoms with Crippen molar-refractivity contribution in [3.63, 3.8) is 0 Å². The molecular weight excluding hydrogens is 367 g/mol. The number of carboxylic acids is 1. The summed E-state index contributed by atoms with van der Waals surface area (Å²) in [4.78, 5) is 27.2. The van der Waals surface area contributed by atoms with E-state index in [0.29, 0.717) is 13.0 Å². The molecule has 132 valence electrons. The van der Waals surface area contributed by atoms with Gasteiger partial charge in [0.25, 0.3) is 5.91 Å². The average molecular weight is 383 g/mol. The lowest BCUT2D eigenvalue weighted by atomic mass is 10.0. The van der Waals surface area contributed by atoms with Gasteiger partial charge in [-0.25, -0.2) is 9.18 Å². The maximum atomic E-state index is 13.9. The smallest absolute Gasteiger partial charge is 0.339 e. The molecule has 1 aliphatic heterocycles. The van der Waals surface area contributed by atoms with Gasteiger partial charge in [0.1, 0.15) is 10.8 Å². The van der Waals surface area contributed by atoms with Gasteiger partial charge in [-0.15, -0.1) is 11.3 Å². The van der Waals surface area contributed by atoms with Crippen LogP contribution in [0.4, 0.5) is 9.39 Å². The van der Waals surface area contributed by atoms with E-state index < -0.39 is 17.7 Å². The number of carboxylic acid groups (broad SMARTS) is 1. The molecule has 1 aromatic carbocycles. The molecule has 0 bridgehead atoms. The number of anilines is 1. The number of thiophene rings is 1. The van der Waals surface area contributed by atoms with Crippen LogP contribution in [-0.2, 0) is 13.0 Å². The van der Waals surface area contributed by atoms with Gasteiger partial charge in [-0.05, 0) is 30.7 Å². The molecule has 3 rings (SSSR count). The van der Waals surface area contributed by atoms with E-state index in [1.807, 2.05) is 6.92 Å². The van der Waals surface area contributed by atoms with Crippen molar-refractivity contribution in [3.05, 3.63) is 50.6 Å². The zero-order chi connectivity index (χ0) is 18.1. The Bertz CT molecular complexity index is 832. The third kappa shape index (κ3) is 3.40. The van der Waals surface area contributed by atoms with E-state index in [4.69, 9.17) is 11.6 Å². The molecule has 2 N–H and O–H groups in total. The van der Waals surface area contributed by atoms with E-state index in [9.17, 15) is 19.1 Å². The van der Waals surface area contributed by atoms with E-state index in [-0.39, 0.29) is 21.2 Å². The number of carbonyl (C=O) groups is 2. The molecule has 0 atom stereocenters. The quantitative estimate of drug-likeness (QED) is 0.842. The molecular formula is C17H16ClFN2O3S.